The minimum atomic E-state index is 0.728. The second-order valence-corrected chi connectivity index (χ2v) is 6.61. The second-order valence-electron chi connectivity index (χ2n) is 6.61. The maximum absolute atomic E-state index is 4.46. The molecule has 0 bridgehead atoms. The van der Waals surface area contributed by atoms with E-state index in [1.54, 1.807) is 0 Å². The summed E-state index contributed by atoms with van der Waals surface area (Å²) in [5.74, 6) is 1.02. The van der Waals surface area contributed by atoms with Gasteiger partial charge >= 0.3 is 0 Å². The van der Waals surface area contributed by atoms with Gasteiger partial charge in [-0.05, 0) is 37.4 Å². The number of nitrogens with one attached hydrogen (secondary N) is 1. The number of piperidine rings is 1. The number of guanidine groups is 1. The molecule has 1 saturated heterocycles. The van der Waals surface area contributed by atoms with E-state index >= 15 is 0 Å². The van der Waals surface area contributed by atoms with Gasteiger partial charge in [0.2, 0.25) is 0 Å². The van der Waals surface area contributed by atoms with E-state index in [4.69, 9.17) is 0 Å². The van der Waals surface area contributed by atoms with Crippen molar-refractivity contribution in [1.82, 2.24) is 15.1 Å². The van der Waals surface area contributed by atoms with Crippen molar-refractivity contribution >= 4 is 5.96 Å². The number of likely N-dealkylation sites (N-methyl/N-ethyl adjacent to an activating group) is 1. The first-order valence-electron chi connectivity index (χ1n) is 8.54. The summed E-state index contributed by atoms with van der Waals surface area (Å²) in [6.45, 7) is 7.47. The van der Waals surface area contributed by atoms with Gasteiger partial charge in [0.1, 0.15) is 0 Å². The van der Waals surface area contributed by atoms with Crippen molar-refractivity contribution in [3.63, 3.8) is 0 Å². The highest BCUT2D eigenvalue weighted by atomic mass is 15.3. The first-order chi connectivity index (χ1) is 10.7. The lowest BCUT2D eigenvalue weighted by Gasteiger charge is -2.33. The van der Waals surface area contributed by atoms with E-state index in [9.17, 15) is 0 Å². The number of likely N-dealkylation sites (tertiary alicyclic amines) is 1. The lowest BCUT2D eigenvalue weighted by Crippen LogP contribution is -2.36. The van der Waals surface area contributed by atoms with Gasteiger partial charge in [-0.15, -0.1) is 0 Å². The molecule has 0 radical (unpaired) electrons. The van der Waals surface area contributed by atoms with E-state index in [0.717, 1.165) is 38.2 Å². The molecule has 0 amide bonds. The average Bonchev–Trinajstić information content (AvgIpc) is 2.94. The molecule has 22 heavy (non-hydrogen) atoms. The van der Waals surface area contributed by atoms with Crippen molar-refractivity contribution in [2.24, 2.45) is 4.99 Å². The lowest BCUT2D eigenvalue weighted by atomic mass is 10.0. The third-order valence-electron chi connectivity index (χ3n) is 4.86. The molecular formula is C18H28N4. The summed E-state index contributed by atoms with van der Waals surface area (Å²) in [4.78, 5) is 9.24. The Labute approximate surface area is 134 Å². The minimum Gasteiger partial charge on any atom is -0.352 e. The fraction of sp³-hybridized carbons (Fsp3) is 0.611. The Morgan fingerprint density at radius 3 is 2.59 bits per heavy atom. The summed E-state index contributed by atoms with van der Waals surface area (Å²) in [7, 11) is 2.09. The van der Waals surface area contributed by atoms with Crippen molar-refractivity contribution < 1.29 is 0 Å². The van der Waals surface area contributed by atoms with Gasteiger partial charge < -0.3 is 10.2 Å². The fourth-order valence-electron chi connectivity index (χ4n) is 3.29. The first-order valence-corrected chi connectivity index (χ1v) is 8.54. The number of aliphatic imine (C=N–C) groups is 1. The van der Waals surface area contributed by atoms with E-state index in [1.165, 1.54) is 36.9 Å². The van der Waals surface area contributed by atoms with E-state index in [1.807, 2.05) is 0 Å². The molecule has 1 N–H and O–H groups in total. The first kappa shape index (κ1) is 15.3. The molecule has 1 aromatic carbocycles. The topological polar surface area (TPSA) is 30.9 Å². The van der Waals surface area contributed by atoms with Crippen LogP contribution in [0.1, 0.15) is 37.3 Å². The van der Waals surface area contributed by atoms with Crippen LogP contribution in [0.15, 0.2) is 29.3 Å². The van der Waals surface area contributed by atoms with Gasteiger partial charge in [-0.1, -0.05) is 30.7 Å². The number of rotatable bonds is 4. The molecule has 0 spiro atoms. The number of nitrogens with zero attached hydrogens (tertiary/aromatic N) is 3. The molecule has 4 nitrogen and oxygen atoms in total. The van der Waals surface area contributed by atoms with Gasteiger partial charge in [-0.2, -0.15) is 0 Å². The molecule has 0 aliphatic carbocycles. The highest BCUT2D eigenvalue weighted by molar-refractivity contribution is 5.81. The number of hydrogen-bond acceptors (Lipinski definition) is 4. The van der Waals surface area contributed by atoms with Crippen molar-refractivity contribution in [3.8, 4) is 0 Å². The van der Waals surface area contributed by atoms with Gasteiger partial charge in [0.25, 0.3) is 0 Å². The molecular weight excluding hydrogens is 272 g/mol. The highest BCUT2D eigenvalue weighted by Crippen LogP contribution is 2.19. The highest BCUT2D eigenvalue weighted by Gasteiger charge is 2.18. The zero-order chi connectivity index (χ0) is 15.4. The van der Waals surface area contributed by atoms with Crippen molar-refractivity contribution in [2.75, 3.05) is 26.7 Å². The Balaban J connectivity index is 1.51. The molecule has 120 valence electrons. The zero-order valence-electron chi connectivity index (χ0n) is 13.9. The summed E-state index contributed by atoms with van der Waals surface area (Å²) in [6.07, 6.45) is 4.08. The molecule has 3 rings (SSSR count). The number of hydrogen-bond donors (Lipinski definition) is 1. The van der Waals surface area contributed by atoms with Crippen LogP contribution in [0, 0.1) is 0 Å². The monoisotopic (exact) mass is 300 g/mol. The third-order valence-corrected chi connectivity index (χ3v) is 4.86. The fourth-order valence-corrected chi connectivity index (χ4v) is 3.29. The summed E-state index contributed by atoms with van der Waals surface area (Å²) in [5.41, 5.74) is 2.74. The Hall–Kier alpha value is -1.55. The molecule has 0 saturated carbocycles. The van der Waals surface area contributed by atoms with Crippen LogP contribution in [-0.2, 0) is 13.1 Å². The predicted octanol–water partition coefficient (Wildman–Crippen LogP) is 2.45. The Morgan fingerprint density at radius 1 is 1.14 bits per heavy atom. The van der Waals surface area contributed by atoms with E-state index in [0.29, 0.717) is 0 Å². The van der Waals surface area contributed by atoms with Crippen molar-refractivity contribution in [2.45, 2.75) is 45.3 Å². The van der Waals surface area contributed by atoms with Crippen molar-refractivity contribution in [3.05, 3.63) is 35.4 Å². The Kier molecular flexibility index (Phi) is 4.98. The minimum absolute atomic E-state index is 0.728. The Bertz CT molecular complexity index is 508. The molecule has 4 heteroatoms. The average molecular weight is 300 g/mol. The van der Waals surface area contributed by atoms with Crippen LogP contribution in [0.25, 0.3) is 0 Å². The normalized spacial score (nSPS) is 22.7. The molecule has 1 aromatic rings. The lowest BCUT2D eigenvalue weighted by molar-refractivity contribution is 0.152. The summed E-state index contributed by atoms with van der Waals surface area (Å²) in [6, 6.07) is 9.77. The summed E-state index contributed by atoms with van der Waals surface area (Å²) in [5, 5.41) is 3.42. The Morgan fingerprint density at radius 2 is 1.91 bits per heavy atom. The molecule has 2 aliphatic heterocycles. The molecule has 1 atom stereocenters. The third kappa shape index (κ3) is 3.80. The van der Waals surface area contributed by atoms with Gasteiger partial charge in [0.05, 0.1) is 6.54 Å². The molecule has 1 fully saturated rings. The van der Waals surface area contributed by atoms with Crippen LogP contribution in [0.2, 0.25) is 0 Å². The van der Waals surface area contributed by atoms with E-state index < -0.39 is 0 Å². The zero-order valence-corrected chi connectivity index (χ0v) is 13.9. The molecule has 1 unspecified atom stereocenters. The molecule has 2 heterocycles. The van der Waals surface area contributed by atoms with E-state index in [2.05, 4.69) is 58.3 Å². The van der Waals surface area contributed by atoms with Crippen molar-refractivity contribution in [1.29, 1.82) is 0 Å². The van der Waals surface area contributed by atoms with Gasteiger partial charge in [-0.25, -0.2) is 0 Å². The quantitative estimate of drug-likeness (QED) is 0.926. The maximum atomic E-state index is 4.46. The smallest absolute Gasteiger partial charge is 0.194 e. The number of benzene rings is 1. The van der Waals surface area contributed by atoms with Crippen LogP contribution in [-0.4, -0.2) is 48.5 Å². The largest absolute Gasteiger partial charge is 0.352 e. The van der Waals surface area contributed by atoms with Crippen LogP contribution >= 0.6 is 0 Å². The van der Waals surface area contributed by atoms with Gasteiger partial charge in [0, 0.05) is 32.7 Å². The van der Waals surface area contributed by atoms with Gasteiger partial charge in [0.15, 0.2) is 5.96 Å². The standard InChI is InChI=1S/C18H28N4/c1-15-5-3-4-11-22(15)14-17-8-6-16(7-9-17)13-20-18-19-10-12-21(18)2/h6-9,15H,3-5,10-14H2,1-2H3,(H,19,20). The van der Waals surface area contributed by atoms with Crippen LogP contribution < -0.4 is 5.32 Å². The van der Waals surface area contributed by atoms with Gasteiger partial charge in [-0.3, -0.25) is 9.89 Å². The second kappa shape index (κ2) is 7.14. The van der Waals surface area contributed by atoms with Crippen LogP contribution in [0.3, 0.4) is 0 Å². The summed E-state index contributed by atoms with van der Waals surface area (Å²) < 4.78 is 0. The maximum Gasteiger partial charge on any atom is 0.194 e. The predicted molar refractivity (Wildman–Crippen MR) is 91.9 cm³/mol. The molecule has 2 aliphatic rings. The van der Waals surface area contributed by atoms with Crippen LogP contribution in [0.4, 0.5) is 0 Å². The van der Waals surface area contributed by atoms with E-state index in [-0.39, 0.29) is 0 Å². The van der Waals surface area contributed by atoms with Crippen LogP contribution in [0.5, 0.6) is 0 Å². The molecule has 0 aromatic heterocycles. The SMILES string of the molecule is CC1CCCCN1Cc1ccc(CNC2=NCCN2C)cc1. The summed E-state index contributed by atoms with van der Waals surface area (Å²) >= 11 is 0.